The molecule has 0 spiro atoms. The number of likely N-dealkylation sites (tertiary alicyclic amines) is 1. The van der Waals surface area contributed by atoms with E-state index >= 15 is 0 Å². The zero-order valence-electron chi connectivity index (χ0n) is 17.4. The van der Waals surface area contributed by atoms with Crippen molar-refractivity contribution in [2.75, 3.05) is 26.2 Å². The number of fused-ring (bicyclic) bond motifs is 2. The molecule has 8 heteroatoms. The van der Waals surface area contributed by atoms with Crippen molar-refractivity contribution in [3.63, 3.8) is 0 Å². The molecule has 1 aliphatic rings. The van der Waals surface area contributed by atoms with E-state index in [1.54, 1.807) is 16.9 Å². The van der Waals surface area contributed by atoms with Crippen LogP contribution in [0.1, 0.15) is 31.5 Å². The molecule has 1 atom stereocenters. The molecule has 31 heavy (non-hydrogen) atoms. The van der Waals surface area contributed by atoms with Crippen LogP contribution in [0.3, 0.4) is 0 Å². The molecule has 1 unspecified atom stereocenters. The number of rotatable bonds is 7. The first-order valence-corrected chi connectivity index (χ1v) is 11.0. The number of hydrogen-bond donors (Lipinski definition) is 0. The highest BCUT2D eigenvalue weighted by Crippen LogP contribution is 2.36. The third kappa shape index (κ3) is 4.16. The standard InChI is InChI=1S/C23H24ClN6O/c1-16(27-21-7-9-25-20-8-10-26-30(20)21)19-15-17-5-4-6-18(24)22(17)23(28-19)31-14-13-29-11-2-3-12-29/h4-10,15-16H,2-3,11-14H2,1H3/q-1. The van der Waals surface area contributed by atoms with Crippen molar-refractivity contribution in [3.8, 4) is 5.88 Å². The number of hydrogen-bond acceptors (Lipinski definition) is 5. The fraction of sp³-hybridized carbons (Fsp3) is 0.348. The van der Waals surface area contributed by atoms with Crippen LogP contribution in [-0.4, -0.2) is 50.7 Å². The van der Waals surface area contributed by atoms with Crippen LogP contribution in [0.25, 0.3) is 21.7 Å². The quantitative estimate of drug-likeness (QED) is 0.400. The van der Waals surface area contributed by atoms with Gasteiger partial charge in [-0.3, -0.25) is 15.0 Å². The monoisotopic (exact) mass is 435 g/mol. The first-order chi connectivity index (χ1) is 15.2. The minimum atomic E-state index is -0.195. The van der Waals surface area contributed by atoms with Crippen molar-refractivity contribution < 1.29 is 4.74 Å². The van der Waals surface area contributed by atoms with Crippen molar-refractivity contribution in [2.45, 2.75) is 25.8 Å². The number of pyridine rings is 1. The van der Waals surface area contributed by atoms with E-state index in [2.05, 4.69) is 15.0 Å². The maximum atomic E-state index is 6.51. The summed E-state index contributed by atoms with van der Waals surface area (Å²) in [5.41, 5.74) is 1.58. The van der Waals surface area contributed by atoms with E-state index in [9.17, 15) is 0 Å². The van der Waals surface area contributed by atoms with E-state index < -0.39 is 0 Å². The molecule has 0 N–H and O–H groups in total. The summed E-state index contributed by atoms with van der Waals surface area (Å²) < 4.78 is 7.88. The summed E-state index contributed by atoms with van der Waals surface area (Å²) in [5, 5.41) is 11.6. The zero-order chi connectivity index (χ0) is 21.2. The van der Waals surface area contributed by atoms with Gasteiger partial charge in [0.15, 0.2) is 0 Å². The molecule has 1 saturated heterocycles. The molecule has 1 fully saturated rings. The van der Waals surface area contributed by atoms with Gasteiger partial charge < -0.3 is 14.6 Å². The Labute approximate surface area is 186 Å². The molecule has 7 nitrogen and oxygen atoms in total. The Morgan fingerprint density at radius 1 is 1.16 bits per heavy atom. The summed E-state index contributed by atoms with van der Waals surface area (Å²) in [4.78, 5) is 11.5. The van der Waals surface area contributed by atoms with E-state index in [0.29, 0.717) is 17.5 Å². The summed E-state index contributed by atoms with van der Waals surface area (Å²) in [6.07, 6.45) is 5.98. The van der Waals surface area contributed by atoms with Crippen molar-refractivity contribution in [1.82, 2.24) is 24.5 Å². The second-order valence-electron chi connectivity index (χ2n) is 7.80. The van der Waals surface area contributed by atoms with Gasteiger partial charge in [-0.25, -0.2) is 4.98 Å². The van der Waals surface area contributed by atoms with Gasteiger partial charge in [0.1, 0.15) is 6.61 Å². The van der Waals surface area contributed by atoms with Crippen LogP contribution in [0, 0.1) is 0 Å². The highest BCUT2D eigenvalue weighted by Gasteiger charge is 2.15. The third-order valence-electron chi connectivity index (χ3n) is 5.66. The molecule has 1 aliphatic heterocycles. The molecule has 3 aromatic heterocycles. The lowest BCUT2D eigenvalue weighted by molar-refractivity contribution is 0.233. The molecular weight excluding hydrogens is 412 g/mol. The number of nitrogens with zero attached hydrogens (tertiary/aromatic N) is 6. The highest BCUT2D eigenvalue weighted by molar-refractivity contribution is 6.36. The minimum absolute atomic E-state index is 0.195. The van der Waals surface area contributed by atoms with Crippen molar-refractivity contribution in [3.05, 3.63) is 64.8 Å². The zero-order valence-corrected chi connectivity index (χ0v) is 18.2. The molecule has 0 aliphatic carbocycles. The fourth-order valence-electron chi connectivity index (χ4n) is 4.03. The molecule has 4 aromatic rings. The number of halogens is 1. The third-order valence-corrected chi connectivity index (χ3v) is 5.98. The molecule has 4 heterocycles. The summed E-state index contributed by atoms with van der Waals surface area (Å²) >= 11 is 6.51. The van der Waals surface area contributed by atoms with Gasteiger partial charge in [-0.1, -0.05) is 30.7 Å². The predicted octanol–water partition coefficient (Wildman–Crippen LogP) is 5.17. The van der Waals surface area contributed by atoms with Gasteiger partial charge in [-0.05, 0) is 61.4 Å². The molecule has 0 radical (unpaired) electrons. The molecule has 0 amide bonds. The van der Waals surface area contributed by atoms with E-state index in [1.165, 1.54) is 12.8 Å². The Morgan fingerprint density at radius 2 is 2.03 bits per heavy atom. The Kier molecular flexibility index (Phi) is 5.61. The lowest BCUT2D eigenvalue weighted by atomic mass is 10.1. The van der Waals surface area contributed by atoms with Gasteiger partial charge >= 0.3 is 0 Å². The lowest BCUT2D eigenvalue weighted by Crippen LogP contribution is -2.25. The van der Waals surface area contributed by atoms with Gasteiger partial charge in [0.2, 0.25) is 5.88 Å². The Morgan fingerprint density at radius 3 is 2.90 bits per heavy atom. The van der Waals surface area contributed by atoms with Gasteiger partial charge in [0.25, 0.3) is 0 Å². The second kappa shape index (κ2) is 8.69. The van der Waals surface area contributed by atoms with Crippen LogP contribution in [0.4, 0.5) is 5.82 Å². The smallest absolute Gasteiger partial charge is 0.223 e. The number of benzene rings is 1. The lowest BCUT2D eigenvalue weighted by Gasteiger charge is -2.24. The van der Waals surface area contributed by atoms with E-state index in [1.807, 2.05) is 43.3 Å². The average molecular weight is 436 g/mol. The fourth-order valence-corrected chi connectivity index (χ4v) is 4.29. The highest BCUT2D eigenvalue weighted by atomic mass is 35.5. The Balaban J connectivity index is 1.43. The van der Waals surface area contributed by atoms with Gasteiger partial charge in [0, 0.05) is 30.7 Å². The molecular formula is C23H24ClN6O-. The minimum Gasteiger partial charge on any atom is -0.476 e. The summed E-state index contributed by atoms with van der Waals surface area (Å²) in [7, 11) is 0. The average Bonchev–Trinajstić information content (AvgIpc) is 3.46. The van der Waals surface area contributed by atoms with Gasteiger partial charge in [0.05, 0.1) is 16.1 Å². The number of ether oxygens (including phenoxy) is 1. The first kappa shape index (κ1) is 20.0. The Hall–Kier alpha value is -2.90. The molecule has 0 bridgehead atoms. The van der Waals surface area contributed by atoms with Gasteiger partial charge in [-0.2, -0.15) is 0 Å². The first-order valence-electron chi connectivity index (χ1n) is 10.6. The predicted molar refractivity (Wildman–Crippen MR) is 122 cm³/mol. The van der Waals surface area contributed by atoms with Crippen LogP contribution < -0.4 is 4.74 Å². The molecule has 160 valence electrons. The maximum Gasteiger partial charge on any atom is 0.223 e. The van der Waals surface area contributed by atoms with Crippen LogP contribution in [0.2, 0.25) is 5.02 Å². The van der Waals surface area contributed by atoms with Crippen molar-refractivity contribution in [1.29, 1.82) is 0 Å². The van der Waals surface area contributed by atoms with Crippen LogP contribution in [-0.2, 0) is 0 Å². The maximum absolute atomic E-state index is 6.51. The van der Waals surface area contributed by atoms with Crippen molar-refractivity contribution in [2.24, 2.45) is 0 Å². The topological polar surface area (TPSA) is 69.7 Å². The van der Waals surface area contributed by atoms with E-state index in [4.69, 9.17) is 26.6 Å². The summed E-state index contributed by atoms with van der Waals surface area (Å²) in [6, 6.07) is 11.4. The normalized spacial score (nSPS) is 15.5. The van der Waals surface area contributed by atoms with E-state index in [-0.39, 0.29) is 6.04 Å². The summed E-state index contributed by atoms with van der Waals surface area (Å²) in [5.74, 6) is 1.30. The van der Waals surface area contributed by atoms with Gasteiger partial charge in [-0.15, -0.1) is 0 Å². The summed E-state index contributed by atoms with van der Waals surface area (Å²) in [6.45, 7) is 5.78. The molecule has 5 rings (SSSR count). The second-order valence-corrected chi connectivity index (χ2v) is 8.20. The SMILES string of the molecule is CC([N-]c1ccnc2ccnn12)c1cc2cccc(Cl)c2c(OCCN2CCCC2)n1. The van der Waals surface area contributed by atoms with Crippen LogP contribution in [0.5, 0.6) is 5.88 Å². The van der Waals surface area contributed by atoms with E-state index in [0.717, 1.165) is 47.6 Å². The van der Waals surface area contributed by atoms with Crippen molar-refractivity contribution >= 4 is 33.8 Å². The van der Waals surface area contributed by atoms with Crippen LogP contribution >= 0.6 is 11.6 Å². The largest absolute Gasteiger partial charge is 0.476 e. The molecule has 0 saturated carbocycles. The Bertz CT molecular complexity index is 1200. The van der Waals surface area contributed by atoms with Crippen LogP contribution in [0.15, 0.2) is 48.8 Å². The number of aromatic nitrogens is 4. The molecule has 1 aromatic carbocycles.